The minimum Gasteiger partial charge on any atom is -0.500 e. The van der Waals surface area contributed by atoms with Crippen molar-refractivity contribution in [3.63, 3.8) is 0 Å². The van der Waals surface area contributed by atoms with E-state index in [4.69, 9.17) is 10.3 Å². The Kier molecular flexibility index (Phi) is 2.03. The zero-order valence-electron chi connectivity index (χ0n) is 5.74. The van der Waals surface area contributed by atoms with E-state index in [-0.39, 0.29) is 0 Å². The maximum atomic E-state index is 8.36. The fourth-order valence-corrected chi connectivity index (χ4v) is 0.772. The summed E-state index contributed by atoms with van der Waals surface area (Å²) in [5.74, 6) is 0.815. The summed E-state index contributed by atoms with van der Waals surface area (Å²) in [7, 11) is 1.60. The molecule has 0 aromatic rings. The average Bonchev–Trinajstić information content (AvgIpc) is 2.05. The van der Waals surface area contributed by atoms with Gasteiger partial charge in [-0.1, -0.05) is 6.08 Å². The largest absolute Gasteiger partial charge is 0.500 e. The molecule has 0 amide bonds. The van der Waals surface area contributed by atoms with Crippen molar-refractivity contribution in [1.82, 2.24) is 0 Å². The lowest BCUT2D eigenvalue weighted by Crippen LogP contribution is -2.02. The summed E-state index contributed by atoms with van der Waals surface area (Å²) in [5, 5.41) is 0. The van der Waals surface area contributed by atoms with E-state index in [1.54, 1.807) is 19.3 Å². The molecule has 3 heteroatoms. The quantitative estimate of drug-likeness (QED) is 0.394. The molecule has 0 fully saturated rings. The van der Waals surface area contributed by atoms with Crippen molar-refractivity contribution in [2.45, 2.75) is 6.42 Å². The maximum absolute atomic E-state index is 8.36. The van der Waals surface area contributed by atoms with Crippen molar-refractivity contribution in [2.24, 2.45) is 0 Å². The molecular weight excluding hydrogens is 128 g/mol. The molecule has 1 rings (SSSR count). The van der Waals surface area contributed by atoms with Crippen molar-refractivity contribution in [1.29, 1.82) is 0 Å². The Morgan fingerprint density at radius 3 is 3.10 bits per heavy atom. The molecule has 0 saturated heterocycles. The molecule has 0 heterocycles. The molecule has 0 spiro atoms. The monoisotopic (exact) mass is 136 g/mol. The standard InChI is InChI=1S/C7H8N2O/c1-10-7-4-2-3-6(5-7)9-8/h2-4H,5H2,1H3. The highest BCUT2D eigenvalue weighted by molar-refractivity contribution is 5.93. The highest BCUT2D eigenvalue weighted by Crippen LogP contribution is 2.08. The molecule has 0 aromatic heterocycles. The predicted octanol–water partition coefficient (Wildman–Crippen LogP) is 1.15. The van der Waals surface area contributed by atoms with Crippen molar-refractivity contribution in [3.05, 3.63) is 29.5 Å². The molecule has 52 valence electrons. The lowest BCUT2D eigenvalue weighted by Gasteiger charge is -2.02. The molecule has 0 atom stereocenters. The first-order chi connectivity index (χ1) is 4.86. The van der Waals surface area contributed by atoms with E-state index in [1.807, 2.05) is 6.08 Å². The van der Waals surface area contributed by atoms with Crippen molar-refractivity contribution in [2.75, 3.05) is 7.11 Å². The van der Waals surface area contributed by atoms with Gasteiger partial charge in [-0.15, -0.1) is 0 Å². The van der Waals surface area contributed by atoms with Gasteiger partial charge in [-0.25, -0.2) is 0 Å². The first-order valence-corrected chi connectivity index (χ1v) is 2.99. The predicted molar refractivity (Wildman–Crippen MR) is 37.5 cm³/mol. The Morgan fingerprint density at radius 2 is 2.50 bits per heavy atom. The minimum atomic E-state index is 0.573. The van der Waals surface area contributed by atoms with Crippen LogP contribution < -0.4 is 0 Å². The van der Waals surface area contributed by atoms with Crippen LogP contribution in [0.2, 0.25) is 0 Å². The van der Waals surface area contributed by atoms with E-state index >= 15 is 0 Å². The van der Waals surface area contributed by atoms with Gasteiger partial charge in [0.2, 0.25) is 0 Å². The number of nitrogens with zero attached hydrogens (tertiary/aromatic N) is 2. The van der Waals surface area contributed by atoms with Gasteiger partial charge >= 0.3 is 0 Å². The van der Waals surface area contributed by atoms with Crippen LogP contribution in [0.25, 0.3) is 5.53 Å². The fraction of sp³-hybridized carbons (Fsp3) is 0.286. The van der Waals surface area contributed by atoms with Crippen molar-refractivity contribution in [3.8, 4) is 0 Å². The van der Waals surface area contributed by atoms with Crippen LogP contribution in [0.3, 0.4) is 0 Å². The molecule has 0 unspecified atom stereocenters. The van der Waals surface area contributed by atoms with Crippen LogP contribution in [0.15, 0.2) is 24.0 Å². The molecule has 1 aliphatic rings. The van der Waals surface area contributed by atoms with Crippen LogP contribution >= 0.6 is 0 Å². The topological polar surface area (TPSA) is 45.6 Å². The smallest absolute Gasteiger partial charge is 0.299 e. The number of hydrogen-bond donors (Lipinski definition) is 0. The van der Waals surface area contributed by atoms with Crippen molar-refractivity contribution >= 4 is 5.71 Å². The summed E-state index contributed by atoms with van der Waals surface area (Å²) in [6.45, 7) is 0. The van der Waals surface area contributed by atoms with Gasteiger partial charge < -0.3 is 10.3 Å². The number of rotatable bonds is 1. The molecule has 0 radical (unpaired) electrons. The molecule has 0 bridgehead atoms. The highest BCUT2D eigenvalue weighted by atomic mass is 16.5. The van der Waals surface area contributed by atoms with Crippen LogP contribution in [0.5, 0.6) is 0 Å². The van der Waals surface area contributed by atoms with Gasteiger partial charge in [0.25, 0.3) is 5.71 Å². The van der Waals surface area contributed by atoms with Crippen LogP contribution in [0.4, 0.5) is 0 Å². The Hall–Kier alpha value is -1.34. The first kappa shape index (κ1) is 6.78. The molecular formula is C7H8N2O. The van der Waals surface area contributed by atoms with Gasteiger partial charge in [-0.3, -0.25) is 0 Å². The number of ether oxygens (including phenoxy) is 1. The Balaban J connectivity index is 2.77. The SMILES string of the molecule is COC1=CC=CC(=[N+]=[N-])C1. The van der Waals surface area contributed by atoms with E-state index in [2.05, 4.69) is 4.79 Å². The van der Waals surface area contributed by atoms with Crippen LogP contribution in [0, 0.1) is 0 Å². The van der Waals surface area contributed by atoms with Gasteiger partial charge in [0.1, 0.15) is 12.2 Å². The highest BCUT2D eigenvalue weighted by Gasteiger charge is 2.10. The lowest BCUT2D eigenvalue weighted by atomic mass is 10.1. The Labute approximate surface area is 59.2 Å². The third kappa shape index (κ3) is 1.33. The van der Waals surface area contributed by atoms with E-state index in [0.717, 1.165) is 5.76 Å². The van der Waals surface area contributed by atoms with Crippen LogP contribution in [0.1, 0.15) is 6.42 Å². The molecule has 10 heavy (non-hydrogen) atoms. The zero-order valence-corrected chi connectivity index (χ0v) is 5.74. The zero-order chi connectivity index (χ0) is 7.40. The second-order valence-corrected chi connectivity index (χ2v) is 1.96. The maximum Gasteiger partial charge on any atom is 0.299 e. The summed E-state index contributed by atoms with van der Waals surface area (Å²) in [6.07, 6.45) is 5.94. The number of methoxy groups -OCH3 is 1. The third-order valence-electron chi connectivity index (χ3n) is 1.32. The Bertz CT molecular complexity index is 234. The summed E-state index contributed by atoms with van der Waals surface area (Å²) in [5.41, 5.74) is 8.98. The van der Waals surface area contributed by atoms with Gasteiger partial charge in [-0.05, 0) is 6.08 Å². The molecule has 3 nitrogen and oxygen atoms in total. The average molecular weight is 136 g/mol. The molecule has 0 N–H and O–H groups in total. The fourth-order valence-electron chi connectivity index (χ4n) is 0.772. The number of hydrogen-bond acceptors (Lipinski definition) is 1. The van der Waals surface area contributed by atoms with Crippen molar-refractivity contribution < 1.29 is 9.53 Å². The van der Waals surface area contributed by atoms with E-state index in [1.165, 1.54) is 0 Å². The van der Waals surface area contributed by atoms with E-state index in [9.17, 15) is 0 Å². The van der Waals surface area contributed by atoms with E-state index < -0.39 is 0 Å². The normalized spacial score (nSPS) is 16.1. The summed E-state index contributed by atoms with van der Waals surface area (Å²) in [4.78, 5) is 3.05. The second-order valence-electron chi connectivity index (χ2n) is 1.96. The number of allylic oxidation sites excluding steroid dienone is 4. The minimum absolute atomic E-state index is 0.573. The molecule has 0 aliphatic heterocycles. The Morgan fingerprint density at radius 1 is 1.70 bits per heavy atom. The summed E-state index contributed by atoms with van der Waals surface area (Å²) >= 11 is 0. The molecule has 0 aromatic carbocycles. The first-order valence-electron chi connectivity index (χ1n) is 2.99. The van der Waals surface area contributed by atoms with E-state index in [0.29, 0.717) is 12.1 Å². The second kappa shape index (κ2) is 2.99. The van der Waals surface area contributed by atoms with Crippen LogP contribution in [-0.2, 0) is 4.74 Å². The van der Waals surface area contributed by atoms with Gasteiger partial charge in [-0.2, -0.15) is 4.79 Å². The van der Waals surface area contributed by atoms with Gasteiger partial charge in [0, 0.05) is 6.08 Å². The summed E-state index contributed by atoms with van der Waals surface area (Å²) in [6, 6.07) is 0. The molecule has 1 aliphatic carbocycles. The lowest BCUT2D eigenvalue weighted by molar-refractivity contribution is -0.00659. The summed E-state index contributed by atoms with van der Waals surface area (Å²) < 4.78 is 4.94. The van der Waals surface area contributed by atoms with Gasteiger partial charge in [0.15, 0.2) is 0 Å². The molecule has 0 saturated carbocycles. The van der Waals surface area contributed by atoms with Crippen LogP contribution in [-0.4, -0.2) is 17.6 Å². The van der Waals surface area contributed by atoms with Gasteiger partial charge in [0.05, 0.1) is 7.11 Å². The third-order valence-corrected chi connectivity index (χ3v) is 1.32.